The molecule has 282 valence electrons. The third-order valence-corrected chi connectivity index (χ3v) is 12.1. The molecule has 3 aromatic rings. The lowest BCUT2D eigenvalue weighted by Gasteiger charge is -2.54. The summed E-state index contributed by atoms with van der Waals surface area (Å²) in [6, 6.07) is 16.3. The van der Waals surface area contributed by atoms with E-state index in [1.54, 1.807) is 59.5 Å². The van der Waals surface area contributed by atoms with E-state index >= 15 is 0 Å². The average Bonchev–Trinajstić information content (AvgIpc) is 3.67. The Balaban J connectivity index is 0.816. The van der Waals surface area contributed by atoms with Gasteiger partial charge in [-0.15, -0.1) is 0 Å². The fourth-order valence-electron chi connectivity index (χ4n) is 8.38. The number of nitriles is 1. The Morgan fingerprint density at radius 2 is 1.51 bits per heavy atom. The Morgan fingerprint density at radius 3 is 2.07 bits per heavy atom. The highest BCUT2D eigenvalue weighted by Crippen LogP contribution is 2.37. The molecular formula is C41H39ClN6O7. The number of imide groups is 2. The minimum Gasteiger partial charge on any atom is -0.486 e. The number of benzene rings is 3. The third-order valence-electron chi connectivity index (χ3n) is 11.8. The van der Waals surface area contributed by atoms with Gasteiger partial charge in [0.1, 0.15) is 24.0 Å². The number of hydrogen-bond acceptors (Lipinski definition) is 9. The topological polar surface area (TPSA) is 160 Å². The van der Waals surface area contributed by atoms with Gasteiger partial charge in [-0.2, -0.15) is 5.26 Å². The van der Waals surface area contributed by atoms with Crippen molar-refractivity contribution in [3.05, 3.63) is 98.6 Å². The number of carbonyl (C=O) groups is 6. The highest BCUT2D eigenvalue weighted by atomic mass is 35.5. The molecule has 1 N–H and O–H groups in total. The van der Waals surface area contributed by atoms with Crippen LogP contribution in [0.4, 0.5) is 0 Å². The molecule has 5 heterocycles. The van der Waals surface area contributed by atoms with Crippen molar-refractivity contribution in [3.8, 4) is 11.8 Å². The van der Waals surface area contributed by atoms with Gasteiger partial charge in [0.15, 0.2) is 0 Å². The maximum atomic E-state index is 13.5. The Kier molecular flexibility index (Phi) is 9.22. The van der Waals surface area contributed by atoms with Crippen LogP contribution < -0.4 is 10.1 Å². The Morgan fingerprint density at radius 1 is 0.891 bits per heavy atom. The number of rotatable bonds is 7. The van der Waals surface area contributed by atoms with E-state index in [9.17, 15) is 28.8 Å². The second-order valence-electron chi connectivity index (χ2n) is 15.5. The molecule has 0 spiro atoms. The van der Waals surface area contributed by atoms with Gasteiger partial charge in [0.05, 0.1) is 33.8 Å². The van der Waals surface area contributed by atoms with Crippen molar-refractivity contribution in [2.75, 3.05) is 26.2 Å². The smallest absolute Gasteiger partial charge is 0.262 e. The van der Waals surface area contributed by atoms with Crippen LogP contribution in [-0.4, -0.2) is 98.9 Å². The molecule has 1 unspecified atom stereocenters. The largest absolute Gasteiger partial charge is 0.486 e. The van der Waals surface area contributed by atoms with Crippen LogP contribution in [0, 0.1) is 17.2 Å². The van der Waals surface area contributed by atoms with E-state index in [1.807, 2.05) is 24.8 Å². The SMILES string of the molecule is CC1(C)[C@H](Oc2ccc(C#N)c(Cl)c2)CN1C(=O)c1ccc(C(=O)N2CCC(CN3Cc4cc5c(cc4C3)C(=O)N(C3CCC(=O)NC3=O)C5=O)CC2)cc1. The first kappa shape index (κ1) is 36.4. The molecule has 5 aliphatic rings. The van der Waals surface area contributed by atoms with Crippen molar-refractivity contribution < 1.29 is 33.5 Å². The second kappa shape index (κ2) is 13.9. The zero-order valence-electron chi connectivity index (χ0n) is 30.5. The molecule has 0 saturated carbocycles. The molecule has 14 heteroatoms. The lowest BCUT2D eigenvalue weighted by molar-refractivity contribution is -0.136. The van der Waals surface area contributed by atoms with Gasteiger partial charge in [0.25, 0.3) is 23.6 Å². The van der Waals surface area contributed by atoms with Gasteiger partial charge in [0, 0.05) is 56.3 Å². The zero-order chi connectivity index (χ0) is 38.8. The van der Waals surface area contributed by atoms with Crippen LogP contribution >= 0.6 is 11.6 Å². The monoisotopic (exact) mass is 762 g/mol. The number of amides is 6. The molecule has 3 saturated heterocycles. The number of carbonyl (C=O) groups excluding carboxylic acids is 6. The van der Waals surface area contributed by atoms with E-state index in [0.29, 0.717) is 77.2 Å². The number of hydrogen-bond donors (Lipinski definition) is 1. The summed E-state index contributed by atoms with van der Waals surface area (Å²) in [5.74, 6) is -1.34. The molecule has 3 fully saturated rings. The third kappa shape index (κ3) is 6.53. The molecule has 0 aliphatic carbocycles. The molecule has 55 heavy (non-hydrogen) atoms. The molecule has 0 aromatic heterocycles. The van der Waals surface area contributed by atoms with Crippen LogP contribution in [0.15, 0.2) is 54.6 Å². The Hall–Kier alpha value is -5.58. The summed E-state index contributed by atoms with van der Waals surface area (Å²) >= 11 is 6.16. The first-order valence-corrected chi connectivity index (χ1v) is 18.9. The van der Waals surface area contributed by atoms with E-state index in [4.69, 9.17) is 21.6 Å². The van der Waals surface area contributed by atoms with Crippen molar-refractivity contribution >= 4 is 47.0 Å². The molecule has 0 radical (unpaired) electrons. The van der Waals surface area contributed by atoms with Crippen molar-refractivity contribution in [1.29, 1.82) is 5.26 Å². The van der Waals surface area contributed by atoms with Crippen molar-refractivity contribution in [2.45, 2.75) is 70.3 Å². The van der Waals surface area contributed by atoms with Gasteiger partial charge in [-0.1, -0.05) is 11.6 Å². The number of likely N-dealkylation sites (tertiary alicyclic amines) is 2. The van der Waals surface area contributed by atoms with Gasteiger partial charge in [-0.3, -0.25) is 43.9 Å². The van der Waals surface area contributed by atoms with E-state index in [1.165, 1.54) is 0 Å². The summed E-state index contributed by atoms with van der Waals surface area (Å²) in [4.78, 5) is 84.4. The summed E-state index contributed by atoms with van der Waals surface area (Å²) in [7, 11) is 0. The average molecular weight is 763 g/mol. The van der Waals surface area contributed by atoms with Crippen molar-refractivity contribution in [3.63, 3.8) is 0 Å². The number of nitrogens with zero attached hydrogens (tertiary/aromatic N) is 5. The molecule has 8 rings (SSSR count). The zero-order valence-corrected chi connectivity index (χ0v) is 31.2. The fraction of sp³-hybridized carbons (Fsp3) is 0.390. The maximum Gasteiger partial charge on any atom is 0.262 e. The predicted octanol–water partition coefficient (Wildman–Crippen LogP) is 4.16. The molecule has 0 bridgehead atoms. The summed E-state index contributed by atoms with van der Waals surface area (Å²) in [6.07, 6.45) is 1.62. The Labute approximate surface area is 322 Å². The van der Waals surface area contributed by atoms with Crippen LogP contribution in [-0.2, 0) is 22.7 Å². The molecule has 6 amide bonds. The fourth-order valence-corrected chi connectivity index (χ4v) is 8.59. The Bertz CT molecular complexity index is 2160. The minimum absolute atomic E-state index is 0.0694. The summed E-state index contributed by atoms with van der Waals surface area (Å²) in [6.45, 7) is 7.59. The van der Waals surface area contributed by atoms with Crippen molar-refractivity contribution in [1.82, 2.24) is 24.9 Å². The molecular weight excluding hydrogens is 724 g/mol. The first-order chi connectivity index (χ1) is 26.3. The number of ether oxygens (including phenoxy) is 1. The van der Waals surface area contributed by atoms with Gasteiger partial charge in [0.2, 0.25) is 11.8 Å². The molecule has 5 aliphatic heterocycles. The molecule has 13 nitrogen and oxygen atoms in total. The standard InChI is InChI=1S/C41H39ClN6O7/c1-41(2)34(55-29-8-7-26(18-43)32(42)17-29)22-47(41)38(52)25-5-3-24(4-6-25)37(51)46-13-11-23(12-14-46)19-45-20-27-15-30-31(16-28(27)21-45)40(54)48(39(30)53)33-9-10-35(49)44-36(33)50/h3-8,15-17,23,33-34H,9-14,19-22H2,1-2H3,(H,44,49,50)/t33?,34-/m1/s1. The van der Waals surface area contributed by atoms with Gasteiger partial charge in [-0.05, 0) is 98.7 Å². The van der Waals surface area contributed by atoms with Crippen molar-refractivity contribution in [2.24, 2.45) is 5.92 Å². The van der Waals surface area contributed by atoms with E-state index < -0.39 is 35.2 Å². The van der Waals surface area contributed by atoms with Gasteiger partial charge in [-0.25, -0.2) is 0 Å². The summed E-state index contributed by atoms with van der Waals surface area (Å²) < 4.78 is 6.11. The number of nitrogens with one attached hydrogen (secondary N) is 1. The molecule has 3 aromatic carbocycles. The quantitative estimate of drug-likeness (QED) is 0.349. The first-order valence-electron chi connectivity index (χ1n) is 18.5. The van der Waals surface area contributed by atoms with Crippen LogP contribution in [0.2, 0.25) is 5.02 Å². The normalized spacial score (nSPS) is 22.2. The van der Waals surface area contributed by atoms with Crippen LogP contribution in [0.5, 0.6) is 5.75 Å². The molecule has 2 atom stereocenters. The summed E-state index contributed by atoms with van der Waals surface area (Å²) in [5, 5.41) is 11.7. The van der Waals surface area contributed by atoms with Crippen LogP contribution in [0.1, 0.15) is 97.7 Å². The van der Waals surface area contributed by atoms with Crippen LogP contribution in [0.3, 0.4) is 0 Å². The van der Waals surface area contributed by atoms with E-state index in [2.05, 4.69) is 10.2 Å². The predicted molar refractivity (Wildman–Crippen MR) is 198 cm³/mol. The van der Waals surface area contributed by atoms with E-state index in [0.717, 1.165) is 35.4 Å². The second-order valence-corrected chi connectivity index (χ2v) is 15.9. The lowest BCUT2D eigenvalue weighted by Crippen LogP contribution is -2.71. The van der Waals surface area contributed by atoms with Gasteiger partial charge < -0.3 is 14.5 Å². The maximum absolute atomic E-state index is 13.5. The van der Waals surface area contributed by atoms with Crippen LogP contribution in [0.25, 0.3) is 0 Å². The lowest BCUT2D eigenvalue weighted by atomic mass is 9.84. The highest BCUT2D eigenvalue weighted by molar-refractivity contribution is 6.31. The number of piperidine rings is 2. The summed E-state index contributed by atoms with van der Waals surface area (Å²) in [5.41, 5.74) is 3.36. The van der Waals surface area contributed by atoms with E-state index in [-0.39, 0.29) is 30.8 Å². The number of halogens is 1. The highest BCUT2D eigenvalue weighted by Gasteiger charge is 2.51. The van der Waals surface area contributed by atoms with Gasteiger partial charge >= 0.3 is 0 Å². The minimum atomic E-state index is -0.986. The number of fused-ring (bicyclic) bond motifs is 2.